The monoisotopic (exact) mass is 279 g/mol. The largest absolute Gasteiger partial charge is 0.367 e. The van der Waals surface area contributed by atoms with Gasteiger partial charge in [-0.3, -0.25) is 4.90 Å². The van der Waals surface area contributed by atoms with E-state index in [9.17, 15) is 4.39 Å². The molecule has 1 heterocycles. The molecule has 20 heavy (non-hydrogen) atoms. The molecule has 2 rings (SSSR count). The predicted molar refractivity (Wildman–Crippen MR) is 82.6 cm³/mol. The Morgan fingerprint density at radius 3 is 2.35 bits per heavy atom. The summed E-state index contributed by atoms with van der Waals surface area (Å²) in [6.45, 7) is 5.88. The Bertz CT molecular complexity index is 389. The quantitative estimate of drug-likeness (QED) is 0.778. The van der Waals surface area contributed by atoms with Crippen molar-refractivity contribution in [2.45, 2.75) is 25.7 Å². The molecule has 0 radical (unpaired) electrons. The van der Waals surface area contributed by atoms with E-state index < -0.39 is 0 Å². The van der Waals surface area contributed by atoms with Crippen LogP contribution < -0.4 is 10.6 Å². The Labute approximate surface area is 121 Å². The molecule has 4 heteroatoms. The van der Waals surface area contributed by atoms with Gasteiger partial charge in [0.25, 0.3) is 0 Å². The van der Waals surface area contributed by atoms with Gasteiger partial charge in [0.15, 0.2) is 0 Å². The summed E-state index contributed by atoms with van der Waals surface area (Å²) in [5, 5.41) is 0. The van der Waals surface area contributed by atoms with E-state index in [-0.39, 0.29) is 5.82 Å². The van der Waals surface area contributed by atoms with Crippen molar-refractivity contribution in [3.63, 3.8) is 0 Å². The SMILES string of the molecule is NCCCCCCN1CCN(c2ccccc2F)CC1. The van der Waals surface area contributed by atoms with Crippen molar-refractivity contribution in [1.29, 1.82) is 0 Å². The van der Waals surface area contributed by atoms with Crippen molar-refractivity contribution in [3.05, 3.63) is 30.1 Å². The molecule has 0 aliphatic carbocycles. The van der Waals surface area contributed by atoms with E-state index in [0.29, 0.717) is 0 Å². The van der Waals surface area contributed by atoms with Crippen LogP contribution in [0.25, 0.3) is 0 Å². The average molecular weight is 279 g/mol. The number of unbranched alkanes of at least 4 members (excludes halogenated alkanes) is 3. The zero-order valence-corrected chi connectivity index (χ0v) is 12.2. The Morgan fingerprint density at radius 2 is 1.65 bits per heavy atom. The number of benzene rings is 1. The van der Waals surface area contributed by atoms with Crippen LogP contribution in [0.5, 0.6) is 0 Å². The number of nitrogens with zero attached hydrogens (tertiary/aromatic N) is 2. The summed E-state index contributed by atoms with van der Waals surface area (Å²) in [6, 6.07) is 7.07. The zero-order valence-electron chi connectivity index (χ0n) is 12.2. The lowest BCUT2D eigenvalue weighted by atomic mass is 10.1. The zero-order chi connectivity index (χ0) is 14.2. The summed E-state index contributed by atoms with van der Waals surface area (Å²) in [6.07, 6.45) is 4.90. The second-order valence-electron chi connectivity index (χ2n) is 5.48. The Morgan fingerprint density at radius 1 is 0.950 bits per heavy atom. The van der Waals surface area contributed by atoms with Crippen LogP contribution >= 0.6 is 0 Å². The van der Waals surface area contributed by atoms with Crippen LogP contribution in [0.15, 0.2) is 24.3 Å². The van der Waals surface area contributed by atoms with E-state index in [0.717, 1.165) is 51.4 Å². The molecule has 1 saturated heterocycles. The van der Waals surface area contributed by atoms with Crippen LogP contribution in [0.4, 0.5) is 10.1 Å². The van der Waals surface area contributed by atoms with E-state index in [1.165, 1.54) is 19.3 Å². The van der Waals surface area contributed by atoms with Crippen LogP contribution in [0.3, 0.4) is 0 Å². The summed E-state index contributed by atoms with van der Waals surface area (Å²) in [4.78, 5) is 4.64. The minimum Gasteiger partial charge on any atom is -0.367 e. The van der Waals surface area contributed by atoms with Gasteiger partial charge in [0.2, 0.25) is 0 Å². The first kappa shape index (κ1) is 15.3. The fourth-order valence-electron chi connectivity index (χ4n) is 2.75. The number of halogens is 1. The number of hydrogen-bond acceptors (Lipinski definition) is 3. The van der Waals surface area contributed by atoms with Gasteiger partial charge in [-0.1, -0.05) is 25.0 Å². The number of rotatable bonds is 7. The Hall–Kier alpha value is -1.13. The van der Waals surface area contributed by atoms with Gasteiger partial charge in [-0.05, 0) is 38.1 Å². The van der Waals surface area contributed by atoms with Crippen molar-refractivity contribution < 1.29 is 4.39 Å². The lowest BCUT2D eigenvalue weighted by Gasteiger charge is -2.36. The molecule has 0 amide bonds. The molecule has 1 fully saturated rings. The molecule has 0 saturated carbocycles. The molecule has 0 atom stereocenters. The maximum absolute atomic E-state index is 13.7. The predicted octanol–water partition coefficient (Wildman–Crippen LogP) is 2.47. The summed E-state index contributed by atoms with van der Waals surface area (Å²) in [7, 11) is 0. The Kier molecular flexibility index (Phi) is 6.27. The van der Waals surface area contributed by atoms with E-state index in [4.69, 9.17) is 5.73 Å². The molecule has 112 valence electrons. The first-order valence-corrected chi connectivity index (χ1v) is 7.73. The highest BCUT2D eigenvalue weighted by molar-refractivity contribution is 5.47. The second-order valence-corrected chi connectivity index (χ2v) is 5.48. The van der Waals surface area contributed by atoms with Crippen LogP contribution in [-0.4, -0.2) is 44.2 Å². The van der Waals surface area contributed by atoms with E-state index in [1.807, 2.05) is 12.1 Å². The smallest absolute Gasteiger partial charge is 0.146 e. The summed E-state index contributed by atoms with van der Waals surface area (Å²) < 4.78 is 13.7. The molecule has 0 bridgehead atoms. The highest BCUT2D eigenvalue weighted by atomic mass is 19.1. The van der Waals surface area contributed by atoms with E-state index in [1.54, 1.807) is 12.1 Å². The van der Waals surface area contributed by atoms with Crippen molar-refractivity contribution in [2.75, 3.05) is 44.2 Å². The minimum atomic E-state index is -0.109. The highest BCUT2D eigenvalue weighted by Gasteiger charge is 2.18. The molecule has 2 N–H and O–H groups in total. The van der Waals surface area contributed by atoms with Gasteiger partial charge in [0.1, 0.15) is 5.82 Å². The Balaban J connectivity index is 1.69. The number of nitrogens with two attached hydrogens (primary N) is 1. The second kappa shape index (κ2) is 8.22. The van der Waals surface area contributed by atoms with Gasteiger partial charge in [-0.25, -0.2) is 4.39 Å². The molecule has 0 spiro atoms. The minimum absolute atomic E-state index is 0.109. The molecule has 1 aromatic carbocycles. The van der Waals surface area contributed by atoms with Crippen molar-refractivity contribution in [1.82, 2.24) is 4.90 Å². The molecular weight excluding hydrogens is 253 g/mol. The molecule has 0 unspecified atom stereocenters. The first-order valence-electron chi connectivity index (χ1n) is 7.73. The number of para-hydroxylation sites is 1. The van der Waals surface area contributed by atoms with Gasteiger partial charge in [0, 0.05) is 26.2 Å². The number of piperazine rings is 1. The third-order valence-corrected chi connectivity index (χ3v) is 3.99. The summed E-state index contributed by atoms with van der Waals surface area (Å²) in [5.74, 6) is -0.109. The lowest BCUT2D eigenvalue weighted by Crippen LogP contribution is -2.46. The lowest BCUT2D eigenvalue weighted by molar-refractivity contribution is 0.251. The van der Waals surface area contributed by atoms with Crippen molar-refractivity contribution in [2.24, 2.45) is 5.73 Å². The highest BCUT2D eigenvalue weighted by Crippen LogP contribution is 2.20. The summed E-state index contributed by atoms with van der Waals surface area (Å²) in [5.41, 5.74) is 6.24. The van der Waals surface area contributed by atoms with Gasteiger partial charge in [-0.2, -0.15) is 0 Å². The van der Waals surface area contributed by atoms with Gasteiger partial charge < -0.3 is 10.6 Å². The van der Waals surface area contributed by atoms with E-state index in [2.05, 4.69) is 9.80 Å². The molecule has 3 nitrogen and oxygen atoms in total. The first-order chi connectivity index (χ1) is 9.81. The molecular formula is C16H26FN3. The van der Waals surface area contributed by atoms with Crippen molar-refractivity contribution in [3.8, 4) is 0 Å². The van der Waals surface area contributed by atoms with Gasteiger partial charge >= 0.3 is 0 Å². The van der Waals surface area contributed by atoms with Crippen LogP contribution in [0.2, 0.25) is 0 Å². The molecule has 1 aliphatic heterocycles. The fourth-order valence-corrected chi connectivity index (χ4v) is 2.75. The average Bonchev–Trinajstić information content (AvgIpc) is 2.48. The van der Waals surface area contributed by atoms with Crippen LogP contribution in [0, 0.1) is 5.82 Å². The third kappa shape index (κ3) is 4.46. The molecule has 1 aliphatic rings. The van der Waals surface area contributed by atoms with Crippen LogP contribution in [-0.2, 0) is 0 Å². The number of anilines is 1. The fraction of sp³-hybridized carbons (Fsp3) is 0.625. The third-order valence-electron chi connectivity index (χ3n) is 3.99. The van der Waals surface area contributed by atoms with Gasteiger partial charge in [0.05, 0.1) is 5.69 Å². The van der Waals surface area contributed by atoms with Crippen molar-refractivity contribution >= 4 is 5.69 Å². The number of hydrogen-bond donors (Lipinski definition) is 1. The maximum atomic E-state index is 13.7. The topological polar surface area (TPSA) is 32.5 Å². The van der Waals surface area contributed by atoms with E-state index >= 15 is 0 Å². The molecule has 0 aromatic heterocycles. The summed E-state index contributed by atoms with van der Waals surface area (Å²) >= 11 is 0. The van der Waals surface area contributed by atoms with Gasteiger partial charge in [-0.15, -0.1) is 0 Å². The standard InChI is InChI=1S/C16H26FN3/c17-15-7-3-4-8-16(15)20-13-11-19(12-14-20)10-6-2-1-5-9-18/h3-4,7-8H,1-2,5-6,9-14,18H2. The molecule has 1 aromatic rings. The van der Waals surface area contributed by atoms with Crippen LogP contribution in [0.1, 0.15) is 25.7 Å². The maximum Gasteiger partial charge on any atom is 0.146 e. The normalized spacial score (nSPS) is 16.6.